The number of hydrogen-bond acceptors (Lipinski definition) is 17. The topological polar surface area (TPSA) is 382 Å². The first kappa shape index (κ1) is 52.7. The summed E-state index contributed by atoms with van der Waals surface area (Å²) in [5.41, 5.74) is 6.79. The Hall–Kier alpha value is -5.64. The summed E-state index contributed by atoms with van der Waals surface area (Å²) in [5, 5.41) is 17.0. The Morgan fingerprint density at radius 3 is 2.46 bits per heavy atom. The average Bonchev–Trinajstić information content (AvgIpc) is 3.75. The van der Waals surface area contributed by atoms with Crippen LogP contribution in [0, 0.1) is 0 Å². The minimum Gasteiger partial charge on any atom is -0.437 e. The molecule has 30 heteroatoms. The van der Waals surface area contributed by atoms with E-state index in [4.69, 9.17) is 34.0 Å². The van der Waals surface area contributed by atoms with Crippen molar-refractivity contribution < 1.29 is 83.3 Å². The molecule has 0 bridgehead atoms. The highest BCUT2D eigenvalue weighted by atomic mass is 32.2. The molecule has 2 amide bonds. The van der Waals surface area contributed by atoms with Crippen LogP contribution in [0.2, 0.25) is 0 Å². The standard InChI is InChI=1S/C39H51N9O18P2S/c1-3-47(26-10-9-25-20-27(37(52)64-28(25)21-26)24-11-17-46(18-12-24)15-7-19-69(59,60)61)16-6-4-5-8-30(49)41-13-14-42-39(53)65-33-32(50)29(22-62-68(57,58)66-67(54,55)56)63-36(33)48-23-45(2)31-34(48)43-38(40)44-35(31)51/h9-12,17-18,20-21,23,29,32-33,36,50H,3-8,13-16,19,22H2,1-2H3,(H7-2,40,41,42,43,44,49,51,53,54,55,56,57,58,59,60,61)/p+2/t29-,32-,33-,36-/m1/s1. The van der Waals surface area contributed by atoms with E-state index in [0.717, 1.165) is 23.9 Å². The number of nitrogen functional groups attached to an aromatic ring is 1. The summed E-state index contributed by atoms with van der Waals surface area (Å²) < 4.78 is 83.9. The fraction of sp³-hybridized carbons (Fsp3) is 0.462. The number of H-pyrrole nitrogens is 1. The number of hydrogen-bond donors (Lipinski definition) is 9. The molecule has 0 spiro atoms. The van der Waals surface area contributed by atoms with E-state index in [1.165, 1.54) is 22.5 Å². The Bertz CT molecular complexity index is 2980. The molecular formula is C39H53N9O18P2S+2. The Balaban J connectivity index is 0.951. The number of unbranched alkanes of at least 4 members (excludes halogenated alkanes) is 2. The number of fused-ring (bicyclic) bond motifs is 2. The van der Waals surface area contributed by atoms with E-state index in [1.807, 2.05) is 19.1 Å². The monoisotopic (exact) mass is 1030 g/mol. The molecule has 1 unspecified atom stereocenters. The van der Waals surface area contributed by atoms with Gasteiger partial charge in [-0.15, -0.1) is 0 Å². The molecule has 1 saturated heterocycles. The molecule has 4 aromatic heterocycles. The highest BCUT2D eigenvalue weighted by Gasteiger charge is 2.51. The van der Waals surface area contributed by atoms with Crippen molar-refractivity contribution in [3.8, 4) is 11.1 Å². The summed E-state index contributed by atoms with van der Waals surface area (Å²) in [5.74, 6) is -0.911. The smallest absolute Gasteiger partial charge is 0.437 e. The fourth-order valence-electron chi connectivity index (χ4n) is 7.56. The van der Waals surface area contributed by atoms with E-state index in [0.29, 0.717) is 42.8 Å². The van der Waals surface area contributed by atoms with Crippen LogP contribution in [-0.2, 0) is 55.9 Å². The number of ether oxygens (including phenoxy) is 2. The number of alkyl carbamates (subject to hydrolysis) is 1. The molecule has 27 nitrogen and oxygen atoms in total. The quantitative estimate of drug-likeness (QED) is 0.0139. The number of anilines is 2. The summed E-state index contributed by atoms with van der Waals surface area (Å²) >= 11 is 0. The first-order valence-electron chi connectivity index (χ1n) is 21.3. The molecule has 5 aromatic rings. The zero-order chi connectivity index (χ0) is 50.3. The lowest BCUT2D eigenvalue weighted by atomic mass is 10.1. The number of amides is 2. The second-order valence-electron chi connectivity index (χ2n) is 15.8. The van der Waals surface area contributed by atoms with Crippen LogP contribution in [0.5, 0.6) is 0 Å². The molecule has 376 valence electrons. The third-order valence-corrected chi connectivity index (χ3v) is 13.7. The SMILES string of the molecule is CCN(CCCCCC(=O)NCCNC(=O)O[C@@H]1[C@H](O)[C@@H](COP(=O)(O)OP(=O)(O)O)O[C@H]1[n+]1cn(C)c2c(=O)[nH]c(N)nc21)c1ccc2cc(-c3cc[n+](CCCS(=O)(=O)O)cc3)c(=O)oc2c1. The number of rotatable bonds is 23. The zero-order valence-electron chi connectivity index (χ0n) is 37.2. The van der Waals surface area contributed by atoms with Gasteiger partial charge in [0.25, 0.3) is 21.6 Å². The molecule has 5 heterocycles. The van der Waals surface area contributed by atoms with Crippen molar-refractivity contribution in [2.45, 2.75) is 70.1 Å². The number of imidazole rings is 1. The summed E-state index contributed by atoms with van der Waals surface area (Å²) in [7, 11) is -13.4. The van der Waals surface area contributed by atoms with Crippen LogP contribution in [0.4, 0.5) is 16.4 Å². The molecule has 6 rings (SSSR count). The maximum absolute atomic E-state index is 13.0. The summed E-state index contributed by atoms with van der Waals surface area (Å²) in [4.78, 5) is 87.4. The number of aromatic nitrogens is 5. The van der Waals surface area contributed by atoms with Gasteiger partial charge in [-0.2, -0.15) is 12.7 Å². The Labute approximate surface area is 392 Å². The molecule has 10 N–H and O–H groups in total. The Morgan fingerprint density at radius 1 is 1.04 bits per heavy atom. The molecule has 1 aliphatic rings. The Morgan fingerprint density at radius 2 is 1.77 bits per heavy atom. The predicted molar refractivity (Wildman–Crippen MR) is 242 cm³/mol. The van der Waals surface area contributed by atoms with Gasteiger partial charge >= 0.3 is 33.0 Å². The maximum Gasteiger partial charge on any atom is 0.481 e. The van der Waals surface area contributed by atoms with Crippen molar-refractivity contribution in [2.24, 2.45) is 7.05 Å². The number of nitrogens with one attached hydrogen (secondary N) is 3. The zero-order valence-corrected chi connectivity index (χ0v) is 39.8. The molecule has 1 fully saturated rings. The predicted octanol–water partition coefficient (Wildman–Crippen LogP) is 0.253. The van der Waals surface area contributed by atoms with Gasteiger partial charge in [0, 0.05) is 73.9 Å². The normalized spacial score (nSPS) is 18.3. The van der Waals surface area contributed by atoms with Gasteiger partial charge in [-0.3, -0.25) is 28.2 Å². The van der Waals surface area contributed by atoms with E-state index in [-0.39, 0.29) is 54.7 Å². The number of phosphoric ester groups is 1. The number of aromatic amines is 1. The summed E-state index contributed by atoms with van der Waals surface area (Å²) in [6, 6.07) is 10.8. The molecule has 69 heavy (non-hydrogen) atoms. The number of aliphatic hydroxyl groups is 1. The molecule has 5 atom stereocenters. The van der Waals surface area contributed by atoms with Gasteiger partial charge in [0.15, 0.2) is 24.8 Å². The second-order valence-corrected chi connectivity index (χ2v) is 20.2. The number of benzene rings is 1. The van der Waals surface area contributed by atoms with E-state index in [9.17, 15) is 46.7 Å². The number of nitrogens with zero attached hydrogens (tertiary/aromatic N) is 5. The van der Waals surface area contributed by atoms with Crippen molar-refractivity contribution >= 4 is 71.5 Å². The molecule has 0 aliphatic carbocycles. The van der Waals surface area contributed by atoms with Gasteiger partial charge in [-0.1, -0.05) is 11.4 Å². The molecule has 1 aromatic carbocycles. The van der Waals surface area contributed by atoms with Gasteiger partial charge in [0.2, 0.25) is 17.7 Å². The van der Waals surface area contributed by atoms with Crippen LogP contribution in [0.1, 0.15) is 45.3 Å². The van der Waals surface area contributed by atoms with Gasteiger partial charge in [-0.25, -0.2) is 27.9 Å². The van der Waals surface area contributed by atoms with Gasteiger partial charge < -0.3 is 54.9 Å². The van der Waals surface area contributed by atoms with Crippen LogP contribution in [0.3, 0.4) is 0 Å². The van der Waals surface area contributed by atoms with Gasteiger partial charge in [0.1, 0.15) is 24.3 Å². The Kier molecular flexibility index (Phi) is 17.1. The van der Waals surface area contributed by atoms with E-state index >= 15 is 0 Å². The number of aryl methyl sites for hydroxylation is 2. The van der Waals surface area contributed by atoms with Crippen molar-refractivity contribution in [3.05, 3.63) is 75.9 Å². The van der Waals surface area contributed by atoms with Gasteiger partial charge in [-0.05, 0) is 38.0 Å². The third kappa shape index (κ3) is 14.5. The fourth-order valence-corrected chi connectivity index (χ4v) is 9.65. The number of nitrogens with two attached hydrogens (primary N) is 1. The van der Waals surface area contributed by atoms with Crippen LogP contribution >= 0.6 is 15.6 Å². The molecule has 0 radical (unpaired) electrons. The highest BCUT2D eigenvalue weighted by Crippen LogP contribution is 2.57. The largest absolute Gasteiger partial charge is 0.481 e. The second kappa shape index (κ2) is 22.4. The summed E-state index contributed by atoms with van der Waals surface area (Å²) in [6.07, 6.45) is -0.303. The van der Waals surface area contributed by atoms with Crippen LogP contribution in [-0.4, -0.2) is 116 Å². The molecule has 1 aliphatic heterocycles. The number of pyridine rings is 1. The van der Waals surface area contributed by atoms with Crippen LogP contribution < -0.4 is 41.6 Å². The van der Waals surface area contributed by atoms with Crippen LogP contribution in [0.15, 0.2) is 69.1 Å². The minimum absolute atomic E-state index is 0.00345. The lowest BCUT2D eigenvalue weighted by molar-refractivity contribution is -0.745. The third-order valence-electron chi connectivity index (χ3n) is 10.8. The molecule has 0 saturated carbocycles. The average molecular weight is 1030 g/mol. The van der Waals surface area contributed by atoms with Crippen molar-refractivity contribution in [1.29, 1.82) is 0 Å². The number of carbonyl (C=O) groups is 2. The van der Waals surface area contributed by atoms with E-state index in [1.54, 1.807) is 41.2 Å². The maximum atomic E-state index is 13.0. The van der Waals surface area contributed by atoms with Crippen molar-refractivity contribution in [1.82, 2.24) is 25.2 Å². The van der Waals surface area contributed by atoms with Crippen molar-refractivity contribution in [3.63, 3.8) is 0 Å². The van der Waals surface area contributed by atoms with E-state index < -0.39 is 74.2 Å². The number of carbonyl (C=O) groups excluding carboxylic acids is 2. The van der Waals surface area contributed by atoms with E-state index in [2.05, 4.69) is 34.3 Å². The number of phosphoric acid groups is 2. The highest BCUT2D eigenvalue weighted by molar-refractivity contribution is 7.85. The first-order chi connectivity index (χ1) is 32.5. The minimum atomic E-state index is -5.48. The van der Waals surface area contributed by atoms with Gasteiger partial charge in [0.05, 0.1) is 25.0 Å². The summed E-state index contributed by atoms with van der Waals surface area (Å²) in [6.45, 7) is 2.60. The van der Waals surface area contributed by atoms with Crippen molar-refractivity contribution in [2.75, 3.05) is 49.2 Å². The van der Waals surface area contributed by atoms with Crippen LogP contribution in [0.25, 0.3) is 33.3 Å². The molecular weight excluding hydrogens is 976 g/mol. The first-order valence-corrected chi connectivity index (χ1v) is 26.0. The lowest BCUT2D eigenvalue weighted by Gasteiger charge is -2.23. The lowest BCUT2D eigenvalue weighted by Crippen LogP contribution is -2.49. The number of aliphatic hydroxyl groups excluding tert-OH is 1.